The van der Waals surface area contributed by atoms with Crippen LogP contribution in [0.2, 0.25) is 0 Å². The number of unbranched alkanes of at least 4 members (excludes halogenated alkanes) is 2. The Hall–Kier alpha value is -2.85. The Bertz CT molecular complexity index is 1040. The summed E-state index contributed by atoms with van der Waals surface area (Å²) >= 11 is 1.60. The van der Waals surface area contributed by atoms with Gasteiger partial charge < -0.3 is 19.8 Å². The molecule has 1 aliphatic heterocycles. The summed E-state index contributed by atoms with van der Waals surface area (Å²) in [7, 11) is 0. The molecule has 0 aliphatic carbocycles. The molecular weight excluding hydrogens is 360 g/mol. The number of pyridine rings is 1. The van der Waals surface area contributed by atoms with Gasteiger partial charge in [0, 0.05) is 24.1 Å². The lowest BCUT2D eigenvalue weighted by atomic mass is 10.2. The molecule has 0 fully saturated rings. The maximum Gasteiger partial charge on any atom is 0.231 e. The Balaban J connectivity index is 1.70. The maximum atomic E-state index is 6.05. The van der Waals surface area contributed by atoms with Crippen LogP contribution in [0.25, 0.3) is 11.0 Å². The third-order valence-corrected chi connectivity index (χ3v) is 5.64. The number of nitrogens with zero attached hydrogens (tertiary/aromatic N) is 3. The Labute approximate surface area is 162 Å². The van der Waals surface area contributed by atoms with Crippen LogP contribution in [0.5, 0.6) is 11.5 Å². The van der Waals surface area contributed by atoms with E-state index in [4.69, 9.17) is 26.6 Å². The first kappa shape index (κ1) is 17.6. The molecule has 0 bridgehead atoms. The van der Waals surface area contributed by atoms with E-state index in [0.717, 1.165) is 64.0 Å². The van der Waals surface area contributed by atoms with Crippen molar-refractivity contribution in [2.45, 2.75) is 42.8 Å². The molecule has 2 N–H and O–H groups in total. The van der Waals surface area contributed by atoms with Crippen LogP contribution in [0, 0.1) is 19.3 Å². The molecule has 0 atom stereocenters. The molecule has 1 aromatic carbocycles. The monoisotopic (exact) mass is 380 g/mol. The van der Waals surface area contributed by atoms with Gasteiger partial charge >= 0.3 is 0 Å². The van der Waals surface area contributed by atoms with E-state index in [2.05, 4.69) is 22.4 Å². The van der Waals surface area contributed by atoms with Gasteiger partial charge in [-0.2, -0.15) is 0 Å². The van der Waals surface area contributed by atoms with Crippen molar-refractivity contribution in [1.82, 2.24) is 14.5 Å². The van der Waals surface area contributed by atoms with Gasteiger partial charge in [-0.25, -0.2) is 9.97 Å². The van der Waals surface area contributed by atoms with Gasteiger partial charge in [-0.1, -0.05) is 11.8 Å². The topological polar surface area (TPSA) is 75.2 Å². The molecule has 138 valence electrons. The summed E-state index contributed by atoms with van der Waals surface area (Å²) in [6, 6.07) is 5.96. The van der Waals surface area contributed by atoms with Crippen LogP contribution in [-0.2, 0) is 6.54 Å². The van der Waals surface area contributed by atoms with Crippen molar-refractivity contribution in [3.8, 4) is 23.8 Å². The summed E-state index contributed by atoms with van der Waals surface area (Å²) in [5.41, 5.74) is 8.89. The van der Waals surface area contributed by atoms with Gasteiger partial charge in [0.05, 0.1) is 5.52 Å². The minimum atomic E-state index is 0.263. The van der Waals surface area contributed by atoms with Crippen LogP contribution >= 0.6 is 11.8 Å². The van der Waals surface area contributed by atoms with E-state index < -0.39 is 0 Å². The molecule has 1 aliphatic rings. The van der Waals surface area contributed by atoms with Gasteiger partial charge in [-0.05, 0) is 43.5 Å². The predicted octanol–water partition coefficient (Wildman–Crippen LogP) is 4.01. The summed E-state index contributed by atoms with van der Waals surface area (Å²) in [6.45, 7) is 3.15. The average molecular weight is 380 g/mol. The number of nitrogen functional groups attached to an aromatic ring is 1. The standard InChI is InChI=1S/C20H20N4O2S/c1-3-4-5-6-9-24-14-7-8-22-19(21)18(14)23-20(24)27-17-11-16-15(10-13(17)2)25-12-26-16/h1,7-8,10-11H,4-6,9,12H2,2H3,(H2,21,22). The fourth-order valence-corrected chi connectivity index (χ4v) is 4.09. The number of aryl methyl sites for hydroxylation is 2. The number of rotatable bonds is 6. The first-order chi connectivity index (χ1) is 13.2. The Kier molecular flexibility index (Phi) is 4.82. The Morgan fingerprint density at radius 3 is 2.93 bits per heavy atom. The van der Waals surface area contributed by atoms with Crippen LogP contribution in [0.15, 0.2) is 34.4 Å². The van der Waals surface area contributed by atoms with E-state index in [1.807, 2.05) is 18.2 Å². The van der Waals surface area contributed by atoms with Crippen molar-refractivity contribution in [3.63, 3.8) is 0 Å². The van der Waals surface area contributed by atoms with Crippen LogP contribution < -0.4 is 15.2 Å². The van der Waals surface area contributed by atoms with Gasteiger partial charge in [-0.15, -0.1) is 12.3 Å². The molecule has 0 saturated heterocycles. The fraction of sp³-hybridized carbons (Fsp3) is 0.300. The summed E-state index contributed by atoms with van der Waals surface area (Å²) in [4.78, 5) is 10.0. The second-order valence-corrected chi connectivity index (χ2v) is 7.35. The van der Waals surface area contributed by atoms with Gasteiger partial charge in [0.25, 0.3) is 0 Å². The molecule has 0 amide bonds. The predicted molar refractivity (Wildman–Crippen MR) is 106 cm³/mol. The van der Waals surface area contributed by atoms with Crippen LogP contribution in [0.3, 0.4) is 0 Å². The van der Waals surface area contributed by atoms with E-state index in [1.165, 1.54) is 0 Å². The molecule has 7 heteroatoms. The fourth-order valence-electron chi connectivity index (χ4n) is 3.08. The number of terminal acetylenes is 1. The first-order valence-corrected chi connectivity index (χ1v) is 9.61. The lowest BCUT2D eigenvalue weighted by Crippen LogP contribution is -2.00. The molecule has 4 rings (SSSR count). The van der Waals surface area contributed by atoms with Crippen LogP contribution in [-0.4, -0.2) is 21.3 Å². The second kappa shape index (κ2) is 7.41. The van der Waals surface area contributed by atoms with Crippen molar-refractivity contribution in [2.75, 3.05) is 12.5 Å². The third kappa shape index (κ3) is 3.40. The van der Waals surface area contributed by atoms with Crippen molar-refractivity contribution in [2.24, 2.45) is 0 Å². The van der Waals surface area contributed by atoms with Crippen LogP contribution in [0.1, 0.15) is 24.8 Å². The van der Waals surface area contributed by atoms with Crippen LogP contribution in [0.4, 0.5) is 5.82 Å². The molecule has 2 aromatic heterocycles. The number of imidazole rings is 1. The van der Waals surface area contributed by atoms with E-state index in [9.17, 15) is 0 Å². The normalized spacial score (nSPS) is 12.4. The number of nitrogens with two attached hydrogens (primary N) is 1. The minimum Gasteiger partial charge on any atom is -0.454 e. The Morgan fingerprint density at radius 1 is 1.30 bits per heavy atom. The first-order valence-electron chi connectivity index (χ1n) is 8.79. The average Bonchev–Trinajstić information content (AvgIpc) is 3.24. The molecule has 27 heavy (non-hydrogen) atoms. The summed E-state index contributed by atoms with van der Waals surface area (Å²) < 4.78 is 13.2. The zero-order valence-electron chi connectivity index (χ0n) is 15.1. The molecule has 0 spiro atoms. The zero-order valence-corrected chi connectivity index (χ0v) is 15.9. The lowest BCUT2D eigenvalue weighted by Gasteiger charge is -2.10. The quantitative estimate of drug-likeness (QED) is 0.514. The molecule has 3 aromatic rings. The molecular formula is C20H20N4O2S. The van der Waals surface area contributed by atoms with Gasteiger partial charge in [0.1, 0.15) is 5.52 Å². The van der Waals surface area contributed by atoms with Crippen molar-refractivity contribution in [3.05, 3.63) is 30.0 Å². The highest BCUT2D eigenvalue weighted by atomic mass is 32.2. The largest absolute Gasteiger partial charge is 0.454 e. The number of hydrogen-bond acceptors (Lipinski definition) is 6. The molecule has 0 radical (unpaired) electrons. The molecule has 0 unspecified atom stereocenters. The summed E-state index contributed by atoms with van der Waals surface area (Å²) in [5, 5.41) is 0.882. The number of fused-ring (bicyclic) bond motifs is 2. The van der Waals surface area contributed by atoms with Gasteiger partial charge in [-0.3, -0.25) is 0 Å². The number of aromatic nitrogens is 3. The van der Waals surface area contributed by atoms with Crippen molar-refractivity contribution < 1.29 is 9.47 Å². The Morgan fingerprint density at radius 2 is 2.11 bits per heavy atom. The number of anilines is 1. The third-order valence-electron chi connectivity index (χ3n) is 4.48. The lowest BCUT2D eigenvalue weighted by molar-refractivity contribution is 0.174. The second-order valence-electron chi connectivity index (χ2n) is 6.34. The highest BCUT2D eigenvalue weighted by Gasteiger charge is 2.19. The minimum absolute atomic E-state index is 0.263. The summed E-state index contributed by atoms with van der Waals surface area (Å²) in [6.07, 6.45) is 9.82. The van der Waals surface area contributed by atoms with Crippen molar-refractivity contribution >= 4 is 28.6 Å². The van der Waals surface area contributed by atoms with E-state index >= 15 is 0 Å². The maximum absolute atomic E-state index is 6.05. The van der Waals surface area contributed by atoms with E-state index in [0.29, 0.717) is 5.82 Å². The number of hydrogen-bond donors (Lipinski definition) is 1. The summed E-state index contributed by atoms with van der Waals surface area (Å²) in [5.74, 6) is 4.69. The van der Waals surface area contributed by atoms with E-state index in [1.54, 1.807) is 18.0 Å². The highest BCUT2D eigenvalue weighted by Crippen LogP contribution is 2.41. The van der Waals surface area contributed by atoms with Gasteiger partial charge in [0.2, 0.25) is 6.79 Å². The molecule has 3 heterocycles. The zero-order chi connectivity index (χ0) is 18.8. The number of benzene rings is 1. The van der Waals surface area contributed by atoms with Crippen molar-refractivity contribution in [1.29, 1.82) is 0 Å². The molecule has 0 saturated carbocycles. The highest BCUT2D eigenvalue weighted by molar-refractivity contribution is 7.99. The SMILES string of the molecule is C#CCCCCn1c(Sc2cc3c(cc2C)OCO3)nc2c(N)nccc21. The van der Waals surface area contributed by atoms with Gasteiger partial charge in [0.15, 0.2) is 22.5 Å². The number of ether oxygens (including phenoxy) is 2. The molecule has 6 nitrogen and oxygen atoms in total. The van der Waals surface area contributed by atoms with E-state index in [-0.39, 0.29) is 6.79 Å². The smallest absolute Gasteiger partial charge is 0.231 e.